The number of amides is 1. The number of aliphatic hydroxyl groups is 1. The molecule has 4 heterocycles. The van der Waals surface area contributed by atoms with Crippen LogP contribution in [0.3, 0.4) is 0 Å². The van der Waals surface area contributed by atoms with Crippen LogP contribution >= 0.6 is 11.3 Å². The van der Waals surface area contributed by atoms with Crippen molar-refractivity contribution in [3.05, 3.63) is 81.8 Å². The minimum absolute atomic E-state index is 0.0678. The highest BCUT2D eigenvalue weighted by atomic mass is 32.1. The summed E-state index contributed by atoms with van der Waals surface area (Å²) in [5.41, 5.74) is 1.31. The third-order valence-electron chi connectivity index (χ3n) is 5.27. The molecular weight excluding hydrogens is 416 g/mol. The number of aromatic nitrogens is 1. The number of pyridine rings is 1. The number of hydrogen-bond acceptors (Lipinski definition) is 7. The minimum Gasteiger partial charge on any atom is -0.507 e. The molecule has 1 aromatic carbocycles. The van der Waals surface area contributed by atoms with Gasteiger partial charge in [0.05, 0.1) is 11.6 Å². The van der Waals surface area contributed by atoms with Gasteiger partial charge in [0.1, 0.15) is 19.0 Å². The molecule has 5 rings (SSSR count). The van der Waals surface area contributed by atoms with Crippen molar-refractivity contribution < 1.29 is 24.2 Å². The van der Waals surface area contributed by atoms with Gasteiger partial charge in [-0.15, -0.1) is 11.3 Å². The number of carbonyl (C=O) groups is 2. The third-order valence-corrected chi connectivity index (χ3v) is 6.20. The first-order chi connectivity index (χ1) is 15.1. The summed E-state index contributed by atoms with van der Waals surface area (Å²) in [5, 5.41) is 13.0. The van der Waals surface area contributed by atoms with Gasteiger partial charge in [0.2, 0.25) is 0 Å². The van der Waals surface area contributed by atoms with E-state index in [0.717, 1.165) is 10.4 Å². The number of nitrogens with zero attached hydrogens (tertiary/aromatic N) is 2. The molecule has 156 valence electrons. The molecule has 1 saturated heterocycles. The van der Waals surface area contributed by atoms with E-state index in [4.69, 9.17) is 9.47 Å². The second-order valence-electron chi connectivity index (χ2n) is 7.16. The Balaban J connectivity index is 1.60. The molecule has 2 aliphatic heterocycles. The van der Waals surface area contributed by atoms with E-state index in [-0.39, 0.29) is 17.9 Å². The smallest absolute Gasteiger partial charge is 0.295 e. The highest BCUT2D eigenvalue weighted by Gasteiger charge is 2.46. The molecule has 31 heavy (non-hydrogen) atoms. The number of rotatable bonds is 4. The Morgan fingerprint density at radius 1 is 1.10 bits per heavy atom. The summed E-state index contributed by atoms with van der Waals surface area (Å²) in [6.45, 7) is 1.09. The van der Waals surface area contributed by atoms with Crippen molar-refractivity contribution in [2.75, 3.05) is 13.2 Å². The number of thiophene rings is 1. The van der Waals surface area contributed by atoms with Crippen LogP contribution in [0.1, 0.15) is 22.0 Å². The van der Waals surface area contributed by atoms with E-state index in [9.17, 15) is 14.7 Å². The second kappa shape index (κ2) is 7.88. The summed E-state index contributed by atoms with van der Waals surface area (Å²) >= 11 is 1.43. The van der Waals surface area contributed by atoms with Gasteiger partial charge >= 0.3 is 0 Å². The van der Waals surface area contributed by atoms with Crippen LogP contribution in [-0.2, 0) is 16.1 Å². The second-order valence-corrected chi connectivity index (χ2v) is 8.14. The summed E-state index contributed by atoms with van der Waals surface area (Å²) < 4.78 is 11.1. The Labute approximate surface area is 182 Å². The van der Waals surface area contributed by atoms with Crippen molar-refractivity contribution in [2.24, 2.45) is 0 Å². The molecule has 0 spiro atoms. The van der Waals surface area contributed by atoms with Gasteiger partial charge in [0.25, 0.3) is 11.7 Å². The van der Waals surface area contributed by atoms with Gasteiger partial charge in [-0.25, -0.2) is 0 Å². The topological polar surface area (TPSA) is 89.0 Å². The highest BCUT2D eigenvalue weighted by molar-refractivity contribution is 7.10. The monoisotopic (exact) mass is 434 g/mol. The molecule has 3 aromatic rings. The van der Waals surface area contributed by atoms with Crippen LogP contribution in [0.25, 0.3) is 5.76 Å². The molecule has 1 atom stereocenters. The predicted octanol–water partition coefficient (Wildman–Crippen LogP) is 3.54. The predicted molar refractivity (Wildman–Crippen MR) is 114 cm³/mol. The molecule has 1 amide bonds. The van der Waals surface area contributed by atoms with Crippen molar-refractivity contribution in [1.29, 1.82) is 0 Å². The summed E-state index contributed by atoms with van der Waals surface area (Å²) in [7, 11) is 0. The SMILES string of the molecule is O=C1C(=O)N(Cc2ccncc2)C(c2cccs2)/C1=C(\O)c1ccc2c(c1)OCCO2. The van der Waals surface area contributed by atoms with Crippen molar-refractivity contribution in [3.8, 4) is 11.5 Å². The lowest BCUT2D eigenvalue weighted by Gasteiger charge is -2.24. The number of carbonyl (C=O) groups excluding carboxylic acids is 2. The molecule has 1 N–H and O–H groups in total. The van der Waals surface area contributed by atoms with Crippen LogP contribution in [0.5, 0.6) is 11.5 Å². The number of aliphatic hydroxyl groups excluding tert-OH is 1. The lowest BCUT2D eigenvalue weighted by molar-refractivity contribution is -0.140. The van der Waals surface area contributed by atoms with Gasteiger partial charge in [-0.1, -0.05) is 6.07 Å². The fraction of sp³-hybridized carbons (Fsp3) is 0.174. The van der Waals surface area contributed by atoms with E-state index >= 15 is 0 Å². The average molecular weight is 434 g/mol. The number of ketones is 1. The summed E-state index contributed by atoms with van der Waals surface area (Å²) in [4.78, 5) is 32.3. The number of ether oxygens (including phenoxy) is 2. The number of fused-ring (bicyclic) bond motifs is 1. The first kappa shape index (κ1) is 19.3. The zero-order valence-corrected chi connectivity index (χ0v) is 17.2. The fourth-order valence-corrected chi connectivity index (χ4v) is 4.66. The maximum atomic E-state index is 13.0. The third kappa shape index (κ3) is 3.44. The van der Waals surface area contributed by atoms with Crippen molar-refractivity contribution >= 4 is 28.8 Å². The fourth-order valence-electron chi connectivity index (χ4n) is 3.82. The van der Waals surface area contributed by atoms with E-state index in [1.807, 2.05) is 17.5 Å². The van der Waals surface area contributed by atoms with E-state index in [0.29, 0.717) is 30.3 Å². The highest BCUT2D eigenvalue weighted by Crippen LogP contribution is 2.43. The van der Waals surface area contributed by atoms with Gasteiger partial charge < -0.3 is 19.5 Å². The molecule has 1 unspecified atom stereocenters. The molecule has 2 aliphatic rings. The molecule has 0 saturated carbocycles. The molecule has 0 radical (unpaired) electrons. The van der Waals surface area contributed by atoms with Crippen LogP contribution in [0, 0.1) is 0 Å². The summed E-state index contributed by atoms with van der Waals surface area (Å²) in [6.07, 6.45) is 3.28. The van der Waals surface area contributed by atoms with E-state index in [1.165, 1.54) is 16.2 Å². The molecule has 0 bridgehead atoms. The lowest BCUT2D eigenvalue weighted by Crippen LogP contribution is -2.28. The molecule has 7 nitrogen and oxygen atoms in total. The Bertz CT molecular complexity index is 1170. The Kier molecular flexibility index (Phi) is 4.91. The van der Waals surface area contributed by atoms with Crippen LogP contribution in [0.4, 0.5) is 0 Å². The molecule has 2 aromatic heterocycles. The zero-order chi connectivity index (χ0) is 21.4. The average Bonchev–Trinajstić information content (AvgIpc) is 3.42. The Morgan fingerprint density at radius 2 is 1.87 bits per heavy atom. The molecular formula is C23H18N2O5S. The maximum Gasteiger partial charge on any atom is 0.295 e. The standard InChI is InChI=1S/C23H18N2O5S/c26-21(15-3-4-16-17(12-15)30-10-9-29-16)19-20(18-2-1-11-31-18)25(23(28)22(19)27)13-14-5-7-24-8-6-14/h1-8,11-12,20,26H,9-10,13H2/b21-19+. The lowest BCUT2D eigenvalue weighted by atomic mass is 9.99. The summed E-state index contributed by atoms with van der Waals surface area (Å²) in [5.74, 6) is -0.509. The van der Waals surface area contributed by atoms with Gasteiger partial charge in [-0.2, -0.15) is 0 Å². The van der Waals surface area contributed by atoms with Gasteiger partial charge in [-0.05, 0) is 47.3 Å². The van der Waals surface area contributed by atoms with E-state index in [2.05, 4.69) is 4.98 Å². The normalized spacial score (nSPS) is 19.6. The maximum absolute atomic E-state index is 13.0. The van der Waals surface area contributed by atoms with Crippen molar-refractivity contribution in [2.45, 2.75) is 12.6 Å². The molecule has 1 fully saturated rings. The first-order valence-corrected chi connectivity index (χ1v) is 10.6. The zero-order valence-electron chi connectivity index (χ0n) is 16.4. The van der Waals surface area contributed by atoms with E-state index < -0.39 is 17.7 Å². The largest absolute Gasteiger partial charge is 0.507 e. The van der Waals surface area contributed by atoms with Crippen LogP contribution in [-0.4, -0.2) is 39.9 Å². The number of likely N-dealkylation sites (tertiary alicyclic amines) is 1. The van der Waals surface area contributed by atoms with Gasteiger partial charge in [0.15, 0.2) is 11.5 Å². The van der Waals surface area contributed by atoms with Crippen molar-refractivity contribution in [1.82, 2.24) is 9.88 Å². The van der Waals surface area contributed by atoms with Crippen LogP contribution < -0.4 is 9.47 Å². The number of benzene rings is 1. The molecule has 0 aliphatic carbocycles. The van der Waals surface area contributed by atoms with E-state index in [1.54, 1.807) is 42.7 Å². The number of Topliss-reactive ketones (excluding diaryl/α,β-unsaturated/α-hetero) is 1. The minimum atomic E-state index is -0.708. The summed E-state index contributed by atoms with van der Waals surface area (Å²) in [6, 6.07) is 11.6. The van der Waals surface area contributed by atoms with Gasteiger partial charge in [0, 0.05) is 29.4 Å². The van der Waals surface area contributed by atoms with Crippen LogP contribution in [0.15, 0.2) is 65.8 Å². The van der Waals surface area contributed by atoms with Crippen LogP contribution in [0.2, 0.25) is 0 Å². The Morgan fingerprint density at radius 3 is 2.61 bits per heavy atom. The first-order valence-electron chi connectivity index (χ1n) is 9.74. The Hall–Kier alpha value is -3.65. The quantitative estimate of drug-likeness (QED) is 0.384. The number of hydrogen-bond donors (Lipinski definition) is 1. The van der Waals surface area contributed by atoms with Crippen molar-refractivity contribution in [3.63, 3.8) is 0 Å². The van der Waals surface area contributed by atoms with Gasteiger partial charge in [-0.3, -0.25) is 14.6 Å². The molecule has 8 heteroatoms.